The molecule has 5 N–H and O–H groups in total. The molecule has 2 aliphatic carbocycles. The largest absolute Gasteiger partial charge is 0.507 e. The molecule has 2 aromatic carbocycles. The summed E-state index contributed by atoms with van der Waals surface area (Å²) in [6, 6.07) is 8.56. The fourth-order valence-corrected chi connectivity index (χ4v) is 5.69. The van der Waals surface area contributed by atoms with Crippen LogP contribution in [-0.2, 0) is 11.0 Å². The Balaban J connectivity index is 0.000000588. The Morgan fingerprint density at radius 1 is 0.676 bits per heavy atom. The van der Waals surface area contributed by atoms with Gasteiger partial charge in [-0.25, -0.2) is 4.57 Å². The van der Waals surface area contributed by atoms with E-state index >= 15 is 0 Å². The first-order valence-corrected chi connectivity index (χ1v) is 14.0. The van der Waals surface area contributed by atoms with Crippen molar-refractivity contribution in [2.75, 3.05) is 0 Å². The molecule has 0 amide bonds. The zero-order chi connectivity index (χ0) is 24.9. The number of hydrogen-bond donors (Lipinski definition) is 5. The topological polar surface area (TPSA) is 118 Å². The van der Waals surface area contributed by atoms with Gasteiger partial charge < -0.3 is 24.9 Å². The fraction of sp³-hybridized carbons (Fsp3) is 0.556. The lowest BCUT2D eigenvalue weighted by Gasteiger charge is -2.25. The Hall–Kier alpha value is -1.85. The normalized spacial score (nSPS) is 17.8. The fourth-order valence-electron chi connectivity index (χ4n) is 5.69. The van der Waals surface area contributed by atoms with Gasteiger partial charge >= 0.3 is 7.82 Å². The van der Waals surface area contributed by atoms with Gasteiger partial charge in [0.25, 0.3) is 0 Å². The summed E-state index contributed by atoms with van der Waals surface area (Å²) in [6.07, 6.45) is 13.0. The maximum atomic E-state index is 11.1. The second-order valence-electron chi connectivity index (χ2n) is 10.1. The first kappa shape index (κ1) is 26.7. The maximum Gasteiger partial charge on any atom is 0.466 e. The molecule has 188 valence electrons. The van der Waals surface area contributed by atoms with Crippen LogP contribution in [0.3, 0.4) is 0 Å². The Bertz CT molecular complexity index is 937. The highest BCUT2D eigenvalue weighted by Gasteiger charge is 2.23. The number of phosphoric acid groups is 1. The van der Waals surface area contributed by atoms with Crippen LogP contribution in [0.15, 0.2) is 24.3 Å². The smallest absolute Gasteiger partial charge is 0.466 e. The average Bonchev–Trinajstić information content (AvgIpc) is 2.78. The van der Waals surface area contributed by atoms with Gasteiger partial charge in [-0.3, -0.25) is 0 Å². The van der Waals surface area contributed by atoms with E-state index in [1.807, 2.05) is 0 Å². The van der Waals surface area contributed by atoms with Crippen LogP contribution in [0.4, 0.5) is 0 Å². The highest BCUT2D eigenvalue weighted by atomic mass is 31.2. The molecule has 2 aliphatic rings. The second-order valence-corrected chi connectivity index (χ2v) is 11.1. The summed E-state index contributed by atoms with van der Waals surface area (Å²) in [5.41, 5.74) is 6.58. The summed E-state index contributed by atoms with van der Waals surface area (Å²) in [4.78, 5) is 21.6. The number of rotatable bonds is 4. The van der Waals surface area contributed by atoms with Crippen LogP contribution >= 0.6 is 7.82 Å². The van der Waals surface area contributed by atoms with Gasteiger partial charge in [0.05, 0.1) is 0 Å². The molecule has 0 aromatic heterocycles. The van der Waals surface area contributed by atoms with E-state index in [9.17, 15) is 10.2 Å². The molecule has 0 spiro atoms. The molecular weight excluding hydrogens is 451 g/mol. The molecule has 2 saturated carbocycles. The molecule has 0 radical (unpaired) electrons. The first-order valence-electron chi connectivity index (χ1n) is 12.5. The number of benzene rings is 2. The van der Waals surface area contributed by atoms with Crippen molar-refractivity contribution < 1.29 is 29.5 Å². The Morgan fingerprint density at radius 2 is 1.00 bits per heavy atom. The highest BCUT2D eigenvalue weighted by molar-refractivity contribution is 7.45. The number of hydrogen-bond acceptors (Lipinski definition) is 3. The van der Waals surface area contributed by atoms with Crippen molar-refractivity contribution in [3.63, 3.8) is 0 Å². The van der Waals surface area contributed by atoms with Crippen LogP contribution in [0.2, 0.25) is 0 Å². The zero-order valence-electron chi connectivity index (χ0n) is 20.3. The molecule has 4 rings (SSSR count). The number of phenolic OH excluding ortho intramolecular Hbond substituents is 2. The number of aryl methyl sites for hydroxylation is 2. The third-order valence-electron chi connectivity index (χ3n) is 7.20. The van der Waals surface area contributed by atoms with Gasteiger partial charge in [-0.15, -0.1) is 0 Å². The van der Waals surface area contributed by atoms with Crippen molar-refractivity contribution in [3.05, 3.63) is 57.6 Å². The van der Waals surface area contributed by atoms with E-state index in [2.05, 4.69) is 38.1 Å². The van der Waals surface area contributed by atoms with E-state index in [-0.39, 0.29) is 0 Å². The van der Waals surface area contributed by atoms with Gasteiger partial charge in [-0.05, 0) is 73.6 Å². The van der Waals surface area contributed by atoms with E-state index in [0.29, 0.717) is 29.8 Å². The van der Waals surface area contributed by atoms with Crippen molar-refractivity contribution in [2.24, 2.45) is 0 Å². The monoisotopic (exact) mass is 490 g/mol. The van der Waals surface area contributed by atoms with E-state index < -0.39 is 7.82 Å². The molecule has 34 heavy (non-hydrogen) atoms. The van der Waals surface area contributed by atoms with Gasteiger partial charge in [-0.2, -0.15) is 0 Å². The van der Waals surface area contributed by atoms with Crippen LogP contribution in [0.25, 0.3) is 0 Å². The summed E-state index contributed by atoms with van der Waals surface area (Å²) in [5, 5.41) is 22.2. The quantitative estimate of drug-likeness (QED) is 0.313. The van der Waals surface area contributed by atoms with Crippen LogP contribution in [0, 0.1) is 13.8 Å². The molecule has 0 unspecified atom stereocenters. The number of aromatic hydroxyl groups is 2. The molecule has 2 fully saturated rings. The Morgan fingerprint density at radius 3 is 1.32 bits per heavy atom. The highest BCUT2D eigenvalue weighted by Crippen LogP contribution is 2.42. The van der Waals surface area contributed by atoms with Crippen LogP contribution in [0.1, 0.15) is 109 Å². The Labute approximate surface area is 202 Å². The van der Waals surface area contributed by atoms with E-state index in [4.69, 9.17) is 19.2 Å². The Kier molecular flexibility index (Phi) is 9.22. The molecule has 6 nitrogen and oxygen atoms in total. The molecule has 2 aromatic rings. The van der Waals surface area contributed by atoms with Gasteiger partial charge in [0.15, 0.2) is 0 Å². The van der Waals surface area contributed by atoms with Crippen molar-refractivity contribution >= 4 is 7.82 Å². The van der Waals surface area contributed by atoms with Crippen molar-refractivity contribution in [1.29, 1.82) is 0 Å². The van der Waals surface area contributed by atoms with E-state index in [1.165, 1.54) is 75.3 Å². The third-order valence-corrected chi connectivity index (χ3v) is 7.20. The van der Waals surface area contributed by atoms with Crippen LogP contribution in [-0.4, -0.2) is 24.9 Å². The molecule has 0 heterocycles. The first-order chi connectivity index (χ1) is 16.0. The van der Waals surface area contributed by atoms with Gasteiger partial charge in [-0.1, -0.05) is 73.9 Å². The van der Waals surface area contributed by atoms with Crippen LogP contribution < -0.4 is 0 Å². The summed E-state index contributed by atoms with van der Waals surface area (Å²) in [5.74, 6) is 1.88. The van der Waals surface area contributed by atoms with Gasteiger partial charge in [0.1, 0.15) is 11.5 Å². The average molecular weight is 491 g/mol. The maximum absolute atomic E-state index is 11.1. The molecule has 7 heteroatoms. The molecule has 0 aliphatic heterocycles. The van der Waals surface area contributed by atoms with Gasteiger partial charge in [0.2, 0.25) is 0 Å². The standard InChI is InChI=1S/C27H36O2.H3O4P/c1-18-13-22(26(28)24(15-18)20-9-5-3-6-10-20)17-23-14-19(2)16-25(27(23)29)21-11-7-4-8-12-21;1-5(2,3)4/h13-16,20-21,28-29H,3-12,17H2,1-2H3;(H3,1,2,3,4). The van der Waals surface area contributed by atoms with E-state index in [0.717, 1.165) is 22.3 Å². The molecule has 0 bridgehead atoms. The minimum atomic E-state index is -4.64. The summed E-state index contributed by atoms with van der Waals surface area (Å²) in [6.45, 7) is 4.25. The third kappa shape index (κ3) is 7.58. The van der Waals surface area contributed by atoms with Crippen molar-refractivity contribution in [2.45, 2.75) is 96.3 Å². The SMILES string of the molecule is Cc1cc(Cc2cc(C)cc(C3CCCCC3)c2O)c(O)c(C2CCCCC2)c1.O=P(O)(O)O. The lowest BCUT2D eigenvalue weighted by atomic mass is 9.81. The second kappa shape index (κ2) is 11.7. The summed E-state index contributed by atoms with van der Waals surface area (Å²) < 4.78 is 8.88. The summed E-state index contributed by atoms with van der Waals surface area (Å²) in [7, 11) is -4.64. The predicted molar refractivity (Wildman–Crippen MR) is 134 cm³/mol. The summed E-state index contributed by atoms with van der Waals surface area (Å²) >= 11 is 0. The molecule has 0 atom stereocenters. The lowest BCUT2D eigenvalue weighted by Crippen LogP contribution is -2.07. The lowest BCUT2D eigenvalue weighted by molar-refractivity contribution is 0.275. The molecule has 0 saturated heterocycles. The van der Waals surface area contributed by atoms with Crippen molar-refractivity contribution in [3.8, 4) is 11.5 Å². The number of phenols is 2. The zero-order valence-corrected chi connectivity index (χ0v) is 21.2. The molecular formula is C27H39O6P. The minimum Gasteiger partial charge on any atom is -0.507 e. The minimum absolute atomic E-state index is 0.461. The van der Waals surface area contributed by atoms with Crippen molar-refractivity contribution in [1.82, 2.24) is 0 Å². The van der Waals surface area contributed by atoms with Gasteiger partial charge in [0, 0.05) is 6.42 Å². The van der Waals surface area contributed by atoms with E-state index in [1.54, 1.807) is 0 Å². The van der Waals surface area contributed by atoms with Crippen LogP contribution in [0.5, 0.6) is 11.5 Å². The predicted octanol–water partition coefficient (Wildman–Crippen LogP) is 6.47.